The second kappa shape index (κ2) is 7.62. The normalized spacial score (nSPS) is 11.0. The first-order valence-corrected chi connectivity index (χ1v) is 9.39. The molecule has 0 saturated carbocycles. The molecule has 0 aliphatic heterocycles. The number of carbonyl (C=O) groups is 1. The Morgan fingerprint density at radius 1 is 1.11 bits per heavy atom. The zero-order valence-electron chi connectivity index (χ0n) is 15.0. The van der Waals surface area contributed by atoms with Gasteiger partial charge in [0.1, 0.15) is 23.9 Å². The number of rotatable bonds is 4. The number of aromatic nitrogens is 3. The van der Waals surface area contributed by atoms with E-state index in [0.29, 0.717) is 26.9 Å². The molecular weight excluding hydrogens is 395 g/mol. The summed E-state index contributed by atoms with van der Waals surface area (Å²) in [6.45, 7) is 1.98. The van der Waals surface area contributed by atoms with Gasteiger partial charge >= 0.3 is 0 Å². The van der Waals surface area contributed by atoms with Crippen molar-refractivity contribution in [1.29, 1.82) is 0 Å². The number of amides is 1. The Kier molecular flexibility index (Phi) is 5.03. The van der Waals surface area contributed by atoms with Crippen molar-refractivity contribution < 1.29 is 4.79 Å². The first kappa shape index (κ1) is 18.5. The molecule has 2 aromatic heterocycles. The van der Waals surface area contributed by atoms with Crippen molar-refractivity contribution >= 4 is 45.8 Å². The number of aryl methyl sites for hydroxylation is 1. The van der Waals surface area contributed by atoms with Crippen LogP contribution in [-0.4, -0.2) is 20.4 Å². The van der Waals surface area contributed by atoms with E-state index in [1.165, 1.54) is 6.33 Å². The molecule has 0 saturated heterocycles. The van der Waals surface area contributed by atoms with Crippen LogP contribution in [0.3, 0.4) is 0 Å². The van der Waals surface area contributed by atoms with Crippen molar-refractivity contribution in [3.05, 3.63) is 76.8 Å². The highest BCUT2D eigenvalue weighted by atomic mass is 35.5. The standard InChI is InChI=1S/C21H16Cl2N4O/c1-13-7-8-15(9-17(13)22)26-18(28)11-27-10-16(14-5-3-2-4-6-14)19-20(27)21(23)25-12-24-19/h2-10,12H,11H2,1H3,(H,26,28). The smallest absolute Gasteiger partial charge is 0.244 e. The van der Waals surface area contributed by atoms with E-state index in [4.69, 9.17) is 23.2 Å². The highest BCUT2D eigenvalue weighted by molar-refractivity contribution is 6.34. The van der Waals surface area contributed by atoms with Gasteiger partial charge in [-0.3, -0.25) is 4.79 Å². The van der Waals surface area contributed by atoms with Crippen molar-refractivity contribution in [3.8, 4) is 11.1 Å². The number of hydrogen-bond donors (Lipinski definition) is 1. The molecule has 0 aliphatic rings. The van der Waals surface area contributed by atoms with Gasteiger partial charge in [0.05, 0.1) is 0 Å². The predicted molar refractivity (Wildman–Crippen MR) is 113 cm³/mol. The summed E-state index contributed by atoms with van der Waals surface area (Å²) in [4.78, 5) is 21.1. The first-order chi connectivity index (χ1) is 13.5. The largest absolute Gasteiger partial charge is 0.334 e. The number of halogens is 2. The molecule has 4 aromatic rings. The molecule has 7 heteroatoms. The highest BCUT2D eigenvalue weighted by Gasteiger charge is 2.17. The lowest BCUT2D eigenvalue weighted by Gasteiger charge is -2.09. The van der Waals surface area contributed by atoms with Crippen LogP contribution in [0.25, 0.3) is 22.2 Å². The van der Waals surface area contributed by atoms with Crippen LogP contribution in [-0.2, 0) is 11.3 Å². The third-order valence-corrected chi connectivity index (χ3v) is 5.14. The van der Waals surface area contributed by atoms with E-state index in [0.717, 1.165) is 16.7 Å². The van der Waals surface area contributed by atoms with Gasteiger partial charge < -0.3 is 9.88 Å². The topological polar surface area (TPSA) is 59.8 Å². The maximum Gasteiger partial charge on any atom is 0.244 e. The molecule has 0 aliphatic carbocycles. The SMILES string of the molecule is Cc1ccc(NC(=O)Cn2cc(-c3ccccc3)c3ncnc(Cl)c32)cc1Cl. The third kappa shape index (κ3) is 3.59. The summed E-state index contributed by atoms with van der Waals surface area (Å²) in [5.74, 6) is -0.198. The summed E-state index contributed by atoms with van der Waals surface area (Å²) in [6.07, 6.45) is 3.30. The molecule has 4 rings (SSSR count). The molecular formula is C21H16Cl2N4O. The van der Waals surface area contributed by atoms with Gasteiger partial charge in [-0.2, -0.15) is 0 Å². The number of anilines is 1. The molecule has 28 heavy (non-hydrogen) atoms. The number of nitrogens with one attached hydrogen (secondary N) is 1. The molecule has 0 unspecified atom stereocenters. The molecule has 0 bridgehead atoms. The first-order valence-electron chi connectivity index (χ1n) is 8.63. The van der Waals surface area contributed by atoms with E-state index < -0.39 is 0 Å². The van der Waals surface area contributed by atoms with Crippen LogP contribution >= 0.6 is 23.2 Å². The lowest BCUT2D eigenvalue weighted by Crippen LogP contribution is -2.18. The fourth-order valence-corrected chi connectivity index (χ4v) is 3.49. The fourth-order valence-electron chi connectivity index (χ4n) is 3.07. The quantitative estimate of drug-likeness (QED) is 0.461. The van der Waals surface area contributed by atoms with Gasteiger partial charge in [0.15, 0.2) is 5.15 Å². The van der Waals surface area contributed by atoms with E-state index in [2.05, 4.69) is 15.3 Å². The summed E-state index contributed by atoms with van der Waals surface area (Å²) in [5, 5.41) is 3.77. The van der Waals surface area contributed by atoms with Crippen LogP contribution in [0.15, 0.2) is 61.1 Å². The Morgan fingerprint density at radius 3 is 2.64 bits per heavy atom. The van der Waals surface area contributed by atoms with Gasteiger partial charge in [-0.1, -0.05) is 59.6 Å². The van der Waals surface area contributed by atoms with Crippen molar-refractivity contribution in [3.63, 3.8) is 0 Å². The lowest BCUT2D eigenvalue weighted by atomic mass is 10.1. The molecule has 5 nitrogen and oxygen atoms in total. The van der Waals surface area contributed by atoms with E-state index in [-0.39, 0.29) is 12.5 Å². The van der Waals surface area contributed by atoms with Crippen molar-refractivity contribution in [2.24, 2.45) is 0 Å². The monoisotopic (exact) mass is 410 g/mol. The van der Waals surface area contributed by atoms with E-state index in [1.807, 2.05) is 55.6 Å². The molecule has 1 amide bonds. The minimum Gasteiger partial charge on any atom is -0.334 e. The van der Waals surface area contributed by atoms with Gasteiger partial charge in [0.25, 0.3) is 0 Å². The number of hydrogen-bond acceptors (Lipinski definition) is 3. The molecule has 140 valence electrons. The molecule has 0 fully saturated rings. The molecule has 0 radical (unpaired) electrons. The second-order valence-corrected chi connectivity index (χ2v) is 7.18. The molecule has 0 spiro atoms. The van der Waals surface area contributed by atoms with Gasteiger partial charge in [-0.25, -0.2) is 9.97 Å². The van der Waals surface area contributed by atoms with E-state index >= 15 is 0 Å². The Balaban J connectivity index is 1.68. The van der Waals surface area contributed by atoms with Crippen molar-refractivity contribution in [2.75, 3.05) is 5.32 Å². The van der Waals surface area contributed by atoms with Crippen LogP contribution < -0.4 is 5.32 Å². The number of carbonyl (C=O) groups excluding carboxylic acids is 1. The van der Waals surface area contributed by atoms with Gasteiger partial charge in [0.2, 0.25) is 5.91 Å². The predicted octanol–water partition coefficient (Wildman–Crippen LogP) is 5.35. The Morgan fingerprint density at radius 2 is 1.89 bits per heavy atom. The summed E-state index contributed by atoms with van der Waals surface area (Å²) in [6, 6.07) is 15.2. The number of fused-ring (bicyclic) bond motifs is 1. The van der Waals surface area contributed by atoms with E-state index in [1.54, 1.807) is 10.6 Å². The average Bonchev–Trinajstić information content (AvgIpc) is 3.05. The lowest BCUT2D eigenvalue weighted by molar-refractivity contribution is -0.116. The van der Waals surface area contributed by atoms with Crippen LogP contribution in [0.2, 0.25) is 10.2 Å². The summed E-state index contributed by atoms with van der Waals surface area (Å²) >= 11 is 12.5. The van der Waals surface area contributed by atoms with Crippen LogP contribution in [0.5, 0.6) is 0 Å². The van der Waals surface area contributed by atoms with Crippen molar-refractivity contribution in [2.45, 2.75) is 13.5 Å². The maximum absolute atomic E-state index is 12.6. The molecule has 2 heterocycles. The molecule has 0 atom stereocenters. The molecule has 1 N–H and O–H groups in total. The third-order valence-electron chi connectivity index (χ3n) is 4.46. The van der Waals surface area contributed by atoms with Gasteiger partial charge in [-0.05, 0) is 30.2 Å². The van der Waals surface area contributed by atoms with Gasteiger partial charge in [0, 0.05) is 22.5 Å². The minimum absolute atomic E-state index is 0.0714. The minimum atomic E-state index is -0.198. The number of benzene rings is 2. The summed E-state index contributed by atoms with van der Waals surface area (Å²) in [5.41, 5.74) is 4.81. The molecule has 2 aromatic carbocycles. The summed E-state index contributed by atoms with van der Waals surface area (Å²) in [7, 11) is 0. The second-order valence-electron chi connectivity index (χ2n) is 6.41. The van der Waals surface area contributed by atoms with Crippen LogP contribution in [0.1, 0.15) is 5.56 Å². The zero-order chi connectivity index (χ0) is 19.7. The van der Waals surface area contributed by atoms with Crippen molar-refractivity contribution in [1.82, 2.24) is 14.5 Å². The number of nitrogens with zero attached hydrogens (tertiary/aromatic N) is 3. The van der Waals surface area contributed by atoms with Crippen LogP contribution in [0.4, 0.5) is 5.69 Å². The average molecular weight is 411 g/mol. The van der Waals surface area contributed by atoms with Gasteiger partial charge in [-0.15, -0.1) is 0 Å². The Hall–Kier alpha value is -2.89. The maximum atomic E-state index is 12.6. The van der Waals surface area contributed by atoms with E-state index in [9.17, 15) is 4.79 Å². The summed E-state index contributed by atoms with van der Waals surface area (Å²) < 4.78 is 1.77. The fraction of sp³-hybridized carbons (Fsp3) is 0.0952. The highest BCUT2D eigenvalue weighted by Crippen LogP contribution is 2.32. The Labute approximate surface area is 171 Å². The Bertz CT molecular complexity index is 1170. The van der Waals surface area contributed by atoms with Crippen LogP contribution in [0, 0.1) is 6.92 Å². The zero-order valence-corrected chi connectivity index (χ0v) is 16.5.